The Morgan fingerprint density at radius 3 is 2.64 bits per heavy atom. The van der Waals surface area contributed by atoms with Gasteiger partial charge < -0.3 is 15.1 Å². The fraction of sp³-hybridized carbons (Fsp3) is 0.611. The number of nitrogens with one attached hydrogen (secondary N) is 1. The third-order valence-electron chi connectivity index (χ3n) is 4.07. The number of likely N-dealkylation sites (N-methyl/N-ethyl adjacent to an activating group) is 1. The number of hydrogen-bond acceptors (Lipinski definition) is 4. The van der Waals surface area contributed by atoms with Crippen LogP contribution in [0.2, 0.25) is 0 Å². The molecule has 0 aliphatic carbocycles. The highest BCUT2D eigenvalue weighted by molar-refractivity contribution is 7.12. The summed E-state index contributed by atoms with van der Waals surface area (Å²) in [5.41, 5.74) is -0.339. The lowest BCUT2D eigenvalue weighted by Crippen LogP contribution is -2.52. The van der Waals surface area contributed by atoms with Gasteiger partial charge in [0.15, 0.2) is 0 Å². The molecule has 0 spiro atoms. The summed E-state index contributed by atoms with van der Waals surface area (Å²) in [4.78, 5) is 41.5. The van der Waals surface area contributed by atoms with Gasteiger partial charge in [-0.15, -0.1) is 11.3 Å². The fourth-order valence-corrected chi connectivity index (χ4v) is 3.67. The predicted octanol–water partition coefficient (Wildman–Crippen LogP) is 2.12. The lowest BCUT2D eigenvalue weighted by Gasteiger charge is -2.30. The Morgan fingerprint density at radius 1 is 1.36 bits per heavy atom. The van der Waals surface area contributed by atoms with Gasteiger partial charge in [-0.2, -0.15) is 0 Å². The summed E-state index contributed by atoms with van der Waals surface area (Å²) >= 11 is 1.38. The molecule has 7 heteroatoms. The molecule has 3 amide bonds. The van der Waals surface area contributed by atoms with Crippen LogP contribution >= 0.6 is 11.3 Å². The van der Waals surface area contributed by atoms with Gasteiger partial charge in [0.2, 0.25) is 11.8 Å². The van der Waals surface area contributed by atoms with E-state index in [9.17, 15) is 14.4 Å². The Labute approximate surface area is 153 Å². The average molecular weight is 365 g/mol. The van der Waals surface area contributed by atoms with Gasteiger partial charge in [0.1, 0.15) is 6.04 Å². The molecule has 1 aromatic rings. The van der Waals surface area contributed by atoms with E-state index in [4.69, 9.17) is 0 Å². The number of likely N-dealkylation sites (tertiary alicyclic amines) is 1. The van der Waals surface area contributed by atoms with Crippen molar-refractivity contribution in [3.8, 4) is 0 Å². The Balaban J connectivity index is 2.05. The van der Waals surface area contributed by atoms with Crippen molar-refractivity contribution in [2.24, 2.45) is 0 Å². The second kappa shape index (κ2) is 7.99. The van der Waals surface area contributed by atoms with Crippen LogP contribution in [0.15, 0.2) is 17.5 Å². The van der Waals surface area contributed by atoms with Crippen molar-refractivity contribution in [3.63, 3.8) is 0 Å². The molecule has 1 fully saturated rings. The third-order valence-corrected chi connectivity index (χ3v) is 4.93. The molecule has 1 aliphatic rings. The second-order valence-electron chi connectivity index (χ2n) is 7.28. The number of rotatable bonds is 5. The molecule has 1 N–H and O–H groups in total. The second-order valence-corrected chi connectivity index (χ2v) is 8.23. The van der Waals surface area contributed by atoms with Crippen molar-refractivity contribution in [3.05, 3.63) is 22.4 Å². The zero-order valence-corrected chi connectivity index (χ0v) is 16.2. The van der Waals surface area contributed by atoms with E-state index in [0.717, 1.165) is 6.42 Å². The molecule has 0 saturated carbocycles. The topological polar surface area (TPSA) is 69.7 Å². The first-order valence-electron chi connectivity index (χ1n) is 8.67. The van der Waals surface area contributed by atoms with E-state index >= 15 is 0 Å². The first-order valence-corrected chi connectivity index (χ1v) is 9.55. The molecule has 0 bridgehead atoms. The molecule has 138 valence electrons. The predicted molar refractivity (Wildman–Crippen MR) is 98.5 cm³/mol. The number of hydrogen-bond donors (Lipinski definition) is 1. The van der Waals surface area contributed by atoms with E-state index in [1.165, 1.54) is 16.2 Å². The van der Waals surface area contributed by atoms with Crippen LogP contribution in [-0.2, 0) is 9.59 Å². The summed E-state index contributed by atoms with van der Waals surface area (Å²) in [5, 5.41) is 4.73. The van der Waals surface area contributed by atoms with Gasteiger partial charge in [-0.05, 0) is 52.0 Å². The van der Waals surface area contributed by atoms with E-state index in [-0.39, 0.29) is 29.8 Å². The molecule has 0 radical (unpaired) electrons. The van der Waals surface area contributed by atoms with E-state index in [0.29, 0.717) is 24.4 Å². The molecule has 1 aliphatic heterocycles. The van der Waals surface area contributed by atoms with Crippen molar-refractivity contribution < 1.29 is 14.4 Å². The van der Waals surface area contributed by atoms with Crippen molar-refractivity contribution in [1.29, 1.82) is 0 Å². The maximum atomic E-state index is 12.9. The Bertz CT molecular complexity index is 622. The molecule has 1 unspecified atom stereocenters. The standard InChI is InChI=1S/C18H27N3O3S/c1-5-20(12-15(22)19-18(2,3)4)16(23)13-8-6-10-21(13)17(24)14-9-7-11-25-14/h7,9,11,13H,5-6,8,10,12H2,1-4H3,(H,19,22). The fourth-order valence-electron chi connectivity index (χ4n) is 3.00. The van der Waals surface area contributed by atoms with E-state index < -0.39 is 6.04 Å². The summed E-state index contributed by atoms with van der Waals surface area (Å²) in [7, 11) is 0. The molecule has 1 aromatic heterocycles. The number of amides is 3. The quantitative estimate of drug-likeness (QED) is 0.869. The Hall–Kier alpha value is -1.89. The van der Waals surface area contributed by atoms with Crippen molar-refractivity contribution in [2.45, 2.75) is 52.1 Å². The molecular formula is C18H27N3O3S. The molecule has 1 atom stereocenters. The summed E-state index contributed by atoms with van der Waals surface area (Å²) in [6.45, 7) is 8.60. The zero-order chi connectivity index (χ0) is 18.6. The van der Waals surface area contributed by atoms with Crippen molar-refractivity contribution in [2.75, 3.05) is 19.6 Å². The van der Waals surface area contributed by atoms with Crippen LogP contribution in [0.1, 0.15) is 50.2 Å². The number of nitrogens with zero attached hydrogens (tertiary/aromatic N) is 2. The van der Waals surface area contributed by atoms with Gasteiger partial charge in [-0.1, -0.05) is 6.07 Å². The van der Waals surface area contributed by atoms with Gasteiger partial charge >= 0.3 is 0 Å². The smallest absolute Gasteiger partial charge is 0.264 e. The van der Waals surface area contributed by atoms with Crippen LogP contribution in [0.5, 0.6) is 0 Å². The van der Waals surface area contributed by atoms with Gasteiger partial charge in [0, 0.05) is 18.6 Å². The largest absolute Gasteiger partial charge is 0.350 e. The maximum Gasteiger partial charge on any atom is 0.264 e. The van der Waals surface area contributed by atoms with Crippen molar-refractivity contribution >= 4 is 29.1 Å². The van der Waals surface area contributed by atoms with Gasteiger partial charge in [-0.3, -0.25) is 14.4 Å². The van der Waals surface area contributed by atoms with Gasteiger partial charge in [0.05, 0.1) is 11.4 Å². The van der Waals surface area contributed by atoms with E-state index in [2.05, 4.69) is 5.32 Å². The minimum Gasteiger partial charge on any atom is -0.350 e. The van der Waals surface area contributed by atoms with Crippen LogP contribution in [0.4, 0.5) is 0 Å². The highest BCUT2D eigenvalue weighted by Gasteiger charge is 2.37. The van der Waals surface area contributed by atoms with Crippen LogP contribution in [0.3, 0.4) is 0 Å². The SMILES string of the molecule is CCN(CC(=O)NC(C)(C)C)C(=O)C1CCCN1C(=O)c1cccs1. The molecule has 2 heterocycles. The Kier molecular flexibility index (Phi) is 6.21. The zero-order valence-electron chi connectivity index (χ0n) is 15.4. The molecule has 25 heavy (non-hydrogen) atoms. The highest BCUT2D eigenvalue weighted by atomic mass is 32.1. The molecule has 6 nitrogen and oxygen atoms in total. The van der Waals surface area contributed by atoms with Gasteiger partial charge in [-0.25, -0.2) is 0 Å². The van der Waals surface area contributed by atoms with Crippen molar-refractivity contribution in [1.82, 2.24) is 15.1 Å². The number of carbonyl (C=O) groups is 3. The number of thiophene rings is 1. The normalized spacial score (nSPS) is 17.4. The maximum absolute atomic E-state index is 12.9. The minimum atomic E-state index is -0.475. The van der Waals surface area contributed by atoms with Crippen LogP contribution < -0.4 is 5.32 Å². The van der Waals surface area contributed by atoms with E-state index in [1.54, 1.807) is 11.0 Å². The monoisotopic (exact) mass is 365 g/mol. The van der Waals surface area contributed by atoms with E-state index in [1.807, 2.05) is 39.1 Å². The first kappa shape index (κ1) is 19.4. The average Bonchev–Trinajstić information content (AvgIpc) is 3.20. The first-order chi connectivity index (χ1) is 11.7. The molecule has 2 rings (SSSR count). The molecule has 0 aromatic carbocycles. The minimum absolute atomic E-state index is 0.0180. The van der Waals surface area contributed by atoms with Crippen LogP contribution in [-0.4, -0.2) is 58.7 Å². The summed E-state index contributed by atoms with van der Waals surface area (Å²) in [5.74, 6) is -0.424. The summed E-state index contributed by atoms with van der Waals surface area (Å²) < 4.78 is 0. The summed E-state index contributed by atoms with van der Waals surface area (Å²) in [6.07, 6.45) is 1.45. The lowest BCUT2D eigenvalue weighted by molar-refractivity contribution is -0.139. The highest BCUT2D eigenvalue weighted by Crippen LogP contribution is 2.23. The lowest BCUT2D eigenvalue weighted by atomic mass is 10.1. The Morgan fingerprint density at radius 2 is 2.08 bits per heavy atom. The van der Waals surface area contributed by atoms with Crippen LogP contribution in [0.25, 0.3) is 0 Å². The van der Waals surface area contributed by atoms with Crippen LogP contribution in [0, 0.1) is 0 Å². The summed E-state index contributed by atoms with van der Waals surface area (Å²) in [6, 6.07) is 3.14. The van der Waals surface area contributed by atoms with Gasteiger partial charge in [0.25, 0.3) is 5.91 Å². The third kappa shape index (κ3) is 5.04. The number of carbonyl (C=O) groups excluding carboxylic acids is 3. The molecule has 1 saturated heterocycles. The molecular weight excluding hydrogens is 338 g/mol.